The van der Waals surface area contributed by atoms with Crippen LogP contribution in [0, 0.1) is 0 Å². The topological polar surface area (TPSA) is 69.9 Å². The summed E-state index contributed by atoms with van der Waals surface area (Å²) < 4.78 is 15.6. The number of para-hydroxylation sites is 4. The number of hydrogen-bond donors (Lipinski definition) is 0. The SMILES string of the molecule is c1ccc(-c2nc(-c3cc(-n4c5ccccc5c5cc6ccccc6cc54)c4oc5ccccc5c4c3)nc(-c3cccc4c3oc3ccccc34)n2)cc1. The molecule has 0 N–H and O–H groups in total. The molecule has 8 aromatic carbocycles. The van der Waals surface area contributed by atoms with Crippen molar-refractivity contribution in [2.75, 3.05) is 0 Å². The lowest BCUT2D eigenvalue weighted by molar-refractivity contribution is 0.666. The zero-order valence-electron chi connectivity index (χ0n) is 29.3. The van der Waals surface area contributed by atoms with Gasteiger partial charge in [-0.3, -0.25) is 0 Å². The Balaban J connectivity index is 1.18. The van der Waals surface area contributed by atoms with Gasteiger partial charge in [0.2, 0.25) is 0 Å². The molecule has 0 aliphatic heterocycles. The van der Waals surface area contributed by atoms with Crippen molar-refractivity contribution in [2.24, 2.45) is 0 Å². The highest BCUT2D eigenvalue weighted by Gasteiger charge is 2.23. The average Bonchev–Trinajstić information content (AvgIpc) is 3.92. The second-order valence-electron chi connectivity index (χ2n) is 14.0. The molecule has 6 nitrogen and oxygen atoms in total. The average molecular weight is 705 g/mol. The van der Waals surface area contributed by atoms with Crippen molar-refractivity contribution >= 4 is 76.5 Å². The molecular weight excluding hydrogens is 677 g/mol. The Morgan fingerprint density at radius 3 is 1.76 bits per heavy atom. The first-order valence-corrected chi connectivity index (χ1v) is 18.4. The molecular formula is C49H28N4O2. The summed E-state index contributed by atoms with van der Waals surface area (Å²) in [7, 11) is 0. The lowest BCUT2D eigenvalue weighted by Crippen LogP contribution is -2.01. The number of rotatable bonds is 4. The highest BCUT2D eigenvalue weighted by Crippen LogP contribution is 2.42. The molecule has 0 atom stereocenters. The lowest BCUT2D eigenvalue weighted by Gasteiger charge is -2.13. The van der Waals surface area contributed by atoms with Crippen LogP contribution < -0.4 is 0 Å². The van der Waals surface area contributed by atoms with E-state index in [0.29, 0.717) is 17.5 Å². The predicted molar refractivity (Wildman–Crippen MR) is 223 cm³/mol. The number of hydrogen-bond acceptors (Lipinski definition) is 5. The predicted octanol–water partition coefficient (Wildman–Crippen LogP) is 12.9. The maximum atomic E-state index is 6.76. The van der Waals surface area contributed by atoms with E-state index in [2.05, 4.69) is 102 Å². The molecule has 0 bridgehead atoms. The van der Waals surface area contributed by atoms with Crippen LogP contribution in [0.2, 0.25) is 0 Å². The molecule has 12 rings (SSSR count). The Bertz CT molecular complexity index is 3500. The van der Waals surface area contributed by atoms with Crippen LogP contribution in [-0.4, -0.2) is 19.5 Å². The van der Waals surface area contributed by atoms with Gasteiger partial charge in [-0.1, -0.05) is 121 Å². The fourth-order valence-corrected chi connectivity index (χ4v) is 8.28. The molecule has 0 fully saturated rings. The Morgan fingerprint density at radius 2 is 0.964 bits per heavy atom. The number of fused-ring (bicyclic) bond motifs is 10. The van der Waals surface area contributed by atoms with Crippen LogP contribution in [0.15, 0.2) is 179 Å². The Labute approximate surface area is 313 Å². The van der Waals surface area contributed by atoms with Gasteiger partial charge in [0, 0.05) is 43.4 Å². The van der Waals surface area contributed by atoms with Gasteiger partial charge in [-0.2, -0.15) is 0 Å². The summed E-state index contributed by atoms with van der Waals surface area (Å²) >= 11 is 0. The maximum Gasteiger partial charge on any atom is 0.167 e. The fraction of sp³-hybridized carbons (Fsp3) is 0. The van der Waals surface area contributed by atoms with Gasteiger partial charge in [0.05, 0.1) is 22.3 Å². The minimum atomic E-state index is 0.538. The van der Waals surface area contributed by atoms with E-state index < -0.39 is 0 Å². The van der Waals surface area contributed by atoms with Crippen molar-refractivity contribution in [1.29, 1.82) is 0 Å². The van der Waals surface area contributed by atoms with Gasteiger partial charge < -0.3 is 13.4 Å². The third-order valence-corrected chi connectivity index (χ3v) is 10.8. The first kappa shape index (κ1) is 29.9. The fourth-order valence-electron chi connectivity index (χ4n) is 8.28. The van der Waals surface area contributed by atoms with E-state index in [1.165, 1.54) is 21.5 Å². The third-order valence-electron chi connectivity index (χ3n) is 10.8. The summed E-state index contributed by atoms with van der Waals surface area (Å²) in [4.78, 5) is 15.5. The number of nitrogens with zero attached hydrogens (tertiary/aromatic N) is 4. The minimum absolute atomic E-state index is 0.538. The van der Waals surface area contributed by atoms with Gasteiger partial charge in [0.1, 0.15) is 16.7 Å². The second kappa shape index (κ2) is 11.5. The van der Waals surface area contributed by atoms with Crippen molar-refractivity contribution in [2.45, 2.75) is 0 Å². The van der Waals surface area contributed by atoms with Gasteiger partial charge >= 0.3 is 0 Å². The maximum absolute atomic E-state index is 6.76. The lowest BCUT2D eigenvalue weighted by atomic mass is 10.1. The van der Waals surface area contributed by atoms with Crippen LogP contribution in [0.1, 0.15) is 0 Å². The second-order valence-corrected chi connectivity index (χ2v) is 14.0. The monoisotopic (exact) mass is 704 g/mol. The van der Waals surface area contributed by atoms with Crippen LogP contribution >= 0.6 is 0 Å². The Hall–Kier alpha value is -7.57. The van der Waals surface area contributed by atoms with Crippen molar-refractivity contribution < 1.29 is 8.83 Å². The Kier molecular flexibility index (Phi) is 6.24. The van der Waals surface area contributed by atoms with Crippen molar-refractivity contribution in [3.63, 3.8) is 0 Å². The summed E-state index contributed by atoms with van der Waals surface area (Å²) in [5.74, 6) is 1.67. The van der Waals surface area contributed by atoms with Gasteiger partial charge in [-0.05, 0) is 59.3 Å². The summed E-state index contributed by atoms with van der Waals surface area (Å²) in [6.07, 6.45) is 0. The van der Waals surface area contributed by atoms with Gasteiger partial charge in [-0.25, -0.2) is 15.0 Å². The summed E-state index contributed by atoms with van der Waals surface area (Å²) in [5.41, 5.74) is 8.82. The molecule has 0 saturated heterocycles. The van der Waals surface area contributed by atoms with Crippen molar-refractivity contribution in [1.82, 2.24) is 19.5 Å². The van der Waals surface area contributed by atoms with E-state index in [0.717, 1.165) is 77.3 Å². The quantitative estimate of drug-likeness (QED) is 0.182. The van der Waals surface area contributed by atoms with E-state index in [1.807, 2.05) is 72.8 Å². The van der Waals surface area contributed by atoms with Crippen LogP contribution in [0.5, 0.6) is 0 Å². The van der Waals surface area contributed by atoms with Crippen LogP contribution in [0.25, 0.3) is 116 Å². The normalized spacial score (nSPS) is 12.0. The van der Waals surface area contributed by atoms with Crippen molar-refractivity contribution in [3.05, 3.63) is 170 Å². The molecule has 4 heterocycles. The number of aromatic nitrogens is 4. The number of benzene rings is 8. The molecule has 256 valence electrons. The van der Waals surface area contributed by atoms with E-state index >= 15 is 0 Å². The molecule has 0 aliphatic rings. The highest BCUT2D eigenvalue weighted by atomic mass is 16.3. The molecule has 0 radical (unpaired) electrons. The minimum Gasteiger partial charge on any atom is -0.455 e. The molecule has 4 aromatic heterocycles. The molecule has 6 heteroatoms. The first-order chi connectivity index (χ1) is 27.2. The van der Waals surface area contributed by atoms with Gasteiger partial charge in [0.25, 0.3) is 0 Å². The smallest absolute Gasteiger partial charge is 0.167 e. The third kappa shape index (κ3) is 4.52. The molecule has 55 heavy (non-hydrogen) atoms. The molecule has 0 unspecified atom stereocenters. The molecule has 0 spiro atoms. The van der Waals surface area contributed by atoms with E-state index in [1.54, 1.807) is 0 Å². The summed E-state index contributed by atoms with van der Waals surface area (Å²) in [6, 6.07) is 58.6. The molecule has 0 saturated carbocycles. The standard InChI is InChI=1S/C49H28N4O2/c1-2-13-29(14-3-1)47-50-48(52-49(51-47)37-21-12-20-36-34-18-7-10-23-43(34)54-45(36)37)32-26-39-35-19-8-11-24-44(35)55-46(39)42(28-32)53-40-22-9-6-17-33(40)38-25-30-15-4-5-16-31(30)27-41(38)53/h1-28H. The summed E-state index contributed by atoms with van der Waals surface area (Å²) in [6.45, 7) is 0. The zero-order chi connectivity index (χ0) is 36.0. The largest absolute Gasteiger partial charge is 0.455 e. The molecule has 0 amide bonds. The van der Waals surface area contributed by atoms with Gasteiger partial charge in [0.15, 0.2) is 23.1 Å². The van der Waals surface area contributed by atoms with Crippen molar-refractivity contribution in [3.8, 4) is 39.9 Å². The van der Waals surface area contributed by atoms with E-state index in [4.69, 9.17) is 23.8 Å². The van der Waals surface area contributed by atoms with Crippen LogP contribution in [-0.2, 0) is 0 Å². The number of furan rings is 2. The van der Waals surface area contributed by atoms with Gasteiger partial charge in [-0.15, -0.1) is 0 Å². The van der Waals surface area contributed by atoms with E-state index in [-0.39, 0.29) is 0 Å². The molecule has 12 aromatic rings. The first-order valence-electron chi connectivity index (χ1n) is 18.4. The van der Waals surface area contributed by atoms with E-state index in [9.17, 15) is 0 Å². The Morgan fingerprint density at radius 1 is 0.364 bits per heavy atom. The van der Waals surface area contributed by atoms with Crippen LogP contribution in [0.3, 0.4) is 0 Å². The summed E-state index contributed by atoms with van der Waals surface area (Å²) in [5, 5.41) is 8.80. The molecule has 0 aliphatic carbocycles. The van der Waals surface area contributed by atoms with Crippen LogP contribution in [0.4, 0.5) is 0 Å². The highest BCUT2D eigenvalue weighted by molar-refractivity contribution is 6.16. The zero-order valence-corrected chi connectivity index (χ0v) is 29.3.